The second kappa shape index (κ2) is 11.6. The lowest BCUT2D eigenvalue weighted by molar-refractivity contribution is -0.133. The van der Waals surface area contributed by atoms with E-state index in [0.29, 0.717) is 43.7 Å². The standard InChI is InChI=1S/C31H38FN5O2/c1-21-16-22(2)20-37(19-21)29-17-23(3)27-18-25(6-9-28(27)34-29)33-30(38)10-11-31(39)36-14-12-35(13-15-36)26-7-4-24(32)5-8-26/h4-9,17-18,21-22H,10-16,19-20H2,1-3H3,(H,33,38). The Morgan fingerprint density at radius 1 is 0.923 bits per heavy atom. The van der Waals surface area contributed by atoms with E-state index >= 15 is 0 Å². The summed E-state index contributed by atoms with van der Waals surface area (Å²) in [5.74, 6) is 1.88. The molecule has 0 saturated carbocycles. The molecule has 39 heavy (non-hydrogen) atoms. The van der Waals surface area contributed by atoms with Crippen molar-refractivity contribution in [2.45, 2.75) is 40.0 Å². The Morgan fingerprint density at radius 3 is 2.31 bits per heavy atom. The number of aryl methyl sites for hydroxylation is 1. The highest BCUT2D eigenvalue weighted by Gasteiger charge is 2.24. The molecule has 7 nitrogen and oxygen atoms in total. The van der Waals surface area contributed by atoms with Crippen molar-refractivity contribution < 1.29 is 14.0 Å². The number of anilines is 3. The van der Waals surface area contributed by atoms with E-state index in [1.807, 2.05) is 18.2 Å². The van der Waals surface area contributed by atoms with Crippen molar-refractivity contribution in [2.75, 3.05) is 54.4 Å². The molecule has 2 aromatic carbocycles. The Balaban J connectivity index is 1.13. The monoisotopic (exact) mass is 531 g/mol. The maximum Gasteiger partial charge on any atom is 0.224 e. The van der Waals surface area contributed by atoms with Crippen molar-refractivity contribution in [1.29, 1.82) is 0 Å². The van der Waals surface area contributed by atoms with Crippen LogP contribution in [0.25, 0.3) is 10.9 Å². The molecule has 2 saturated heterocycles. The molecule has 5 rings (SSSR count). The number of fused-ring (bicyclic) bond motifs is 1. The van der Waals surface area contributed by atoms with Gasteiger partial charge in [-0.05, 0) is 79.3 Å². The van der Waals surface area contributed by atoms with Crippen molar-refractivity contribution in [3.8, 4) is 0 Å². The number of hydrogen-bond donors (Lipinski definition) is 1. The zero-order valence-corrected chi connectivity index (χ0v) is 23.1. The lowest BCUT2D eigenvalue weighted by Crippen LogP contribution is -2.48. The average Bonchev–Trinajstić information content (AvgIpc) is 2.92. The molecule has 2 unspecified atom stereocenters. The van der Waals surface area contributed by atoms with Crippen molar-refractivity contribution in [2.24, 2.45) is 11.8 Å². The molecule has 0 bridgehead atoms. The van der Waals surface area contributed by atoms with Crippen molar-refractivity contribution in [3.05, 3.63) is 59.9 Å². The van der Waals surface area contributed by atoms with Crippen LogP contribution in [0.4, 0.5) is 21.6 Å². The lowest BCUT2D eigenvalue weighted by atomic mass is 9.92. The van der Waals surface area contributed by atoms with Crippen LogP contribution in [0.5, 0.6) is 0 Å². The smallest absolute Gasteiger partial charge is 0.224 e. The SMILES string of the molecule is Cc1cc(N2CC(C)CC(C)C2)nc2ccc(NC(=O)CCC(=O)N3CCN(c4ccc(F)cc4)CC3)cc12. The number of carbonyl (C=O) groups excluding carboxylic acids is 2. The fourth-order valence-electron chi connectivity index (χ4n) is 5.93. The molecule has 0 aliphatic carbocycles. The molecule has 8 heteroatoms. The molecular formula is C31H38FN5O2. The number of pyridine rings is 1. The van der Waals surface area contributed by atoms with Crippen molar-refractivity contribution >= 4 is 39.9 Å². The number of hydrogen-bond acceptors (Lipinski definition) is 5. The molecule has 1 aromatic heterocycles. The van der Waals surface area contributed by atoms with E-state index in [1.165, 1.54) is 18.6 Å². The minimum absolute atomic E-state index is 0.0173. The Kier molecular flexibility index (Phi) is 8.00. The summed E-state index contributed by atoms with van der Waals surface area (Å²) in [4.78, 5) is 36.7. The van der Waals surface area contributed by atoms with Gasteiger partial charge in [0.25, 0.3) is 0 Å². The molecule has 1 N–H and O–H groups in total. The Hall–Kier alpha value is -3.68. The van der Waals surface area contributed by atoms with Crippen LogP contribution in [0.1, 0.15) is 38.7 Å². The first-order valence-electron chi connectivity index (χ1n) is 14.0. The van der Waals surface area contributed by atoms with Gasteiger partial charge in [-0.15, -0.1) is 0 Å². The summed E-state index contributed by atoms with van der Waals surface area (Å²) in [5, 5.41) is 3.97. The van der Waals surface area contributed by atoms with Crippen molar-refractivity contribution in [1.82, 2.24) is 9.88 Å². The molecular weight excluding hydrogens is 493 g/mol. The summed E-state index contributed by atoms with van der Waals surface area (Å²) >= 11 is 0. The molecule has 2 atom stereocenters. The highest BCUT2D eigenvalue weighted by molar-refractivity contribution is 5.96. The number of rotatable bonds is 6. The van der Waals surface area contributed by atoms with Crippen LogP contribution in [-0.2, 0) is 9.59 Å². The van der Waals surface area contributed by atoms with Crippen LogP contribution in [-0.4, -0.2) is 61.0 Å². The molecule has 2 amide bonds. The number of halogens is 1. The summed E-state index contributed by atoms with van der Waals surface area (Å²) in [7, 11) is 0. The van der Waals surface area contributed by atoms with Gasteiger partial charge < -0.3 is 20.0 Å². The van der Waals surface area contributed by atoms with Crippen LogP contribution in [0, 0.1) is 24.6 Å². The highest BCUT2D eigenvalue weighted by atomic mass is 19.1. The predicted octanol–water partition coefficient (Wildman–Crippen LogP) is 5.23. The first kappa shape index (κ1) is 26.9. The topological polar surface area (TPSA) is 68.8 Å². The average molecular weight is 532 g/mol. The summed E-state index contributed by atoms with van der Waals surface area (Å²) in [5.41, 5.74) is 3.72. The maximum absolute atomic E-state index is 13.2. The third-order valence-corrected chi connectivity index (χ3v) is 7.87. The quantitative estimate of drug-likeness (QED) is 0.472. The zero-order valence-electron chi connectivity index (χ0n) is 23.1. The van der Waals surface area contributed by atoms with Gasteiger partial charge in [0.15, 0.2) is 0 Å². The second-order valence-electron chi connectivity index (χ2n) is 11.3. The molecule has 2 aliphatic rings. The predicted molar refractivity (Wildman–Crippen MR) is 155 cm³/mol. The van der Waals surface area contributed by atoms with Crippen LogP contribution >= 0.6 is 0 Å². The number of piperazine rings is 1. The number of piperidine rings is 1. The van der Waals surface area contributed by atoms with Crippen LogP contribution in [0.3, 0.4) is 0 Å². The van der Waals surface area contributed by atoms with Gasteiger partial charge in [-0.2, -0.15) is 0 Å². The van der Waals surface area contributed by atoms with E-state index in [9.17, 15) is 14.0 Å². The third kappa shape index (κ3) is 6.49. The van der Waals surface area contributed by atoms with Gasteiger partial charge in [0.05, 0.1) is 5.52 Å². The lowest BCUT2D eigenvalue weighted by Gasteiger charge is -2.36. The molecule has 3 heterocycles. The summed E-state index contributed by atoms with van der Waals surface area (Å²) in [6, 6.07) is 14.4. The minimum Gasteiger partial charge on any atom is -0.368 e. The number of amides is 2. The maximum atomic E-state index is 13.2. The van der Waals surface area contributed by atoms with E-state index in [1.54, 1.807) is 17.0 Å². The van der Waals surface area contributed by atoms with Crippen LogP contribution in [0.2, 0.25) is 0 Å². The van der Waals surface area contributed by atoms with E-state index in [2.05, 4.69) is 42.0 Å². The normalized spacial score (nSPS) is 19.8. The van der Waals surface area contributed by atoms with Crippen LogP contribution < -0.4 is 15.1 Å². The number of carbonyl (C=O) groups is 2. The number of nitrogens with one attached hydrogen (secondary N) is 1. The van der Waals surface area contributed by atoms with E-state index in [-0.39, 0.29) is 30.5 Å². The Morgan fingerprint density at radius 2 is 1.62 bits per heavy atom. The number of aromatic nitrogens is 1. The van der Waals surface area contributed by atoms with Crippen LogP contribution in [0.15, 0.2) is 48.5 Å². The fourth-order valence-corrected chi connectivity index (χ4v) is 5.93. The van der Waals surface area contributed by atoms with E-state index in [4.69, 9.17) is 4.98 Å². The van der Waals surface area contributed by atoms with Gasteiger partial charge in [-0.1, -0.05) is 13.8 Å². The van der Waals surface area contributed by atoms with Gasteiger partial charge in [0.1, 0.15) is 11.6 Å². The third-order valence-electron chi connectivity index (χ3n) is 7.87. The Bertz CT molecular complexity index is 1330. The van der Waals surface area contributed by atoms with E-state index in [0.717, 1.165) is 41.1 Å². The van der Waals surface area contributed by atoms with Gasteiger partial charge in [-0.3, -0.25) is 9.59 Å². The number of benzene rings is 2. The van der Waals surface area contributed by atoms with Gasteiger partial charge in [0, 0.05) is 68.9 Å². The van der Waals surface area contributed by atoms with Gasteiger partial charge in [-0.25, -0.2) is 9.37 Å². The summed E-state index contributed by atoms with van der Waals surface area (Å²) in [6.07, 6.45) is 1.56. The van der Waals surface area contributed by atoms with Gasteiger partial charge >= 0.3 is 0 Å². The second-order valence-corrected chi connectivity index (χ2v) is 11.3. The first-order chi connectivity index (χ1) is 18.7. The molecule has 3 aromatic rings. The first-order valence-corrected chi connectivity index (χ1v) is 14.0. The van der Waals surface area contributed by atoms with Gasteiger partial charge in [0.2, 0.25) is 11.8 Å². The summed E-state index contributed by atoms with van der Waals surface area (Å²) < 4.78 is 13.2. The molecule has 206 valence electrons. The highest BCUT2D eigenvalue weighted by Crippen LogP contribution is 2.29. The molecule has 0 spiro atoms. The molecule has 2 aliphatic heterocycles. The summed E-state index contributed by atoms with van der Waals surface area (Å²) in [6.45, 7) is 11.3. The van der Waals surface area contributed by atoms with Crippen molar-refractivity contribution in [3.63, 3.8) is 0 Å². The van der Waals surface area contributed by atoms with E-state index < -0.39 is 0 Å². The Labute approximate surface area is 230 Å². The zero-order chi connectivity index (χ0) is 27.5. The molecule has 0 radical (unpaired) electrons. The minimum atomic E-state index is -0.257. The molecule has 2 fully saturated rings. The largest absolute Gasteiger partial charge is 0.368 e. The fraction of sp³-hybridized carbons (Fsp3) is 0.452. The number of nitrogens with zero attached hydrogens (tertiary/aromatic N) is 4.